The van der Waals surface area contributed by atoms with Crippen LogP contribution < -0.4 is 5.32 Å². The van der Waals surface area contributed by atoms with E-state index >= 15 is 0 Å². The van der Waals surface area contributed by atoms with Gasteiger partial charge in [0.1, 0.15) is 5.56 Å². The summed E-state index contributed by atoms with van der Waals surface area (Å²) in [5.41, 5.74) is 0.911. The summed E-state index contributed by atoms with van der Waals surface area (Å²) in [5, 5.41) is 17.2. The number of hydrogen-bond donors (Lipinski definition) is 2. The molecule has 0 aliphatic carbocycles. The minimum atomic E-state index is -0.950. The van der Waals surface area contributed by atoms with Crippen LogP contribution in [-0.4, -0.2) is 25.8 Å². The highest BCUT2D eigenvalue weighted by Gasteiger charge is 2.14. The molecule has 0 radical (unpaired) electrons. The van der Waals surface area contributed by atoms with Crippen molar-refractivity contribution in [2.75, 3.05) is 0 Å². The minimum Gasteiger partial charge on any atom is -0.478 e. The molecule has 0 saturated heterocycles. The smallest absolute Gasteiger partial charge is 0.339 e. The molecule has 0 spiro atoms. The summed E-state index contributed by atoms with van der Waals surface area (Å²) in [6.45, 7) is 3.10. The molecule has 0 saturated carbocycles. The molecule has 2 rings (SSSR count). The van der Waals surface area contributed by atoms with Crippen molar-refractivity contribution in [1.82, 2.24) is 20.1 Å². The number of aromatic carboxylic acids is 1. The third kappa shape index (κ3) is 2.74. The topological polar surface area (TPSA) is 80.0 Å². The SMILES string of the molecule is Cc1ncc(CNCc2c(C(=O)O)cnn2C)s1. The lowest BCUT2D eigenvalue weighted by atomic mass is 10.2. The standard InChI is InChI=1S/C11H14N4O2S/c1-7-13-4-8(18-7)3-12-6-10-9(11(16)17)5-14-15(10)2/h4-5,12H,3,6H2,1-2H3,(H,16,17). The van der Waals surface area contributed by atoms with E-state index in [4.69, 9.17) is 5.11 Å². The van der Waals surface area contributed by atoms with Crippen molar-refractivity contribution in [2.24, 2.45) is 7.05 Å². The number of nitrogens with zero attached hydrogens (tertiary/aromatic N) is 3. The zero-order chi connectivity index (χ0) is 13.1. The van der Waals surface area contributed by atoms with Crippen LogP contribution in [0.3, 0.4) is 0 Å². The van der Waals surface area contributed by atoms with Crippen LogP contribution in [0.1, 0.15) is 25.9 Å². The second kappa shape index (κ2) is 5.28. The maximum atomic E-state index is 11.0. The van der Waals surface area contributed by atoms with Gasteiger partial charge in [0.15, 0.2) is 0 Å². The highest BCUT2D eigenvalue weighted by Crippen LogP contribution is 2.12. The largest absolute Gasteiger partial charge is 0.478 e. The zero-order valence-corrected chi connectivity index (χ0v) is 11.0. The third-order valence-corrected chi connectivity index (χ3v) is 3.47. The minimum absolute atomic E-state index is 0.241. The molecule has 6 nitrogen and oxygen atoms in total. The predicted molar refractivity (Wildman–Crippen MR) is 67.6 cm³/mol. The summed E-state index contributed by atoms with van der Waals surface area (Å²) < 4.78 is 1.58. The molecule has 18 heavy (non-hydrogen) atoms. The molecule has 2 heterocycles. The summed E-state index contributed by atoms with van der Waals surface area (Å²) in [6.07, 6.45) is 3.20. The van der Waals surface area contributed by atoms with Crippen LogP contribution in [0.2, 0.25) is 0 Å². The van der Waals surface area contributed by atoms with Crippen LogP contribution in [0.15, 0.2) is 12.4 Å². The molecule has 96 valence electrons. The second-order valence-electron chi connectivity index (χ2n) is 3.88. The van der Waals surface area contributed by atoms with E-state index in [-0.39, 0.29) is 5.56 Å². The fraction of sp³-hybridized carbons (Fsp3) is 0.364. The number of hydrogen-bond acceptors (Lipinski definition) is 5. The van der Waals surface area contributed by atoms with E-state index in [1.807, 2.05) is 13.1 Å². The second-order valence-corrected chi connectivity index (χ2v) is 5.20. The first-order valence-corrected chi connectivity index (χ1v) is 6.25. The van der Waals surface area contributed by atoms with Gasteiger partial charge in [0.2, 0.25) is 0 Å². The van der Waals surface area contributed by atoms with Gasteiger partial charge in [-0.25, -0.2) is 9.78 Å². The van der Waals surface area contributed by atoms with Gasteiger partial charge in [-0.2, -0.15) is 5.10 Å². The van der Waals surface area contributed by atoms with Gasteiger partial charge in [-0.3, -0.25) is 4.68 Å². The summed E-state index contributed by atoms with van der Waals surface area (Å²) in [6, 6.07) is 0. The highest BCUT2D eigenvalue weighted by molar-refractivity contribution is 7.11. The Balaban J connectivity index is 1.98. The Morgan fingerprint density at radius 2 is 2.28 bits per heavy atom. The van der Waals surface area contributed by atoms with Crippen molar-refractivity contribution in [3.63, 3.8) is 0 Å². The molecule has 0 unspecified atom stereocenters. The van der Waals surface area contributed by atoms with E-state index in [9.17, 15) is 4.79 Å². The molecule has 0 bridgehead atoms. The average molecular weight is 266 g/mol. The summed E-state index contributed by atoms with van der Waals surface area (Å²) in [4.78, 5) is 16.3. The van der Waals surface area contributed by atoms with Crippen molar-refractivity contribution in [2.45, 2.75) is 20.0 Å². The highest BCUT2D eigenvalue weighted by atomic mass is 32.1. The molecular weight excluding hydrogens is 252 g/mol. The van der Waals surface area contributed by atoms with E-state index < -0.39 is 5.97 Å². The lowest BCUT2D eigenvalue weighted by molar-refractivity contribution is 0.0695. The Bertz CT molecular complexity index is 561. The van der Waals surface area contributed by atoms with Crippen LogP contribution in [-0.2, 0) is 20.1 Å². The van der Waals surface area contributed by atoms with Crippen molar-refractivity contribution >= 4 is 17.3 Å². The number of aromatic nitrogens is 3. The first-order valence-electron chi connectivity index (χ1n) is 5.44. The van der Waals surface area contributed by atoms with Crippen molar-refractivity contribution in [1.29, 1.82) is 0 Å². The van der Waals surface area contributed by atoms with E-state index in [0.29, 0.717) is 18.8 Å². The number of carboxylic acids is 1. The Hall–Kier alpha value is -1.73. The van der Waals surface area contributed by atoms with Crippen molar-refractivity contribution < 1.29 is 9.90 Å². The monoisotopic (exact) mass is 266 g/mol. The van der Waals surface area contributed by atoms with Gasteiger partial charge in [-0.15, -0.1) is 11.3 Å². The van der Waals surface area contributed by atoms with Gasteiger partial charge >= 0.3 is 5.97 Å². The van der Waals surface area contributed by atoms with Crippen LogP contribution in [0.4, 0.5) is 0 Å². The number of rotatable bonds is 5. The van der Waals surface area contributed by atoms with Gasteiger partial charge in [0.25, 0.3) is 0 Å². The van der Waals surface area contributed by atoms with Crippen molar-refractivity contribution in [3.8, 4) is 0 Å². The maximum absolute atomic E-state index is 11.0. The molecule has 0 atom stereocenters. The van der Waals surface area contributed by atoms with E-state index in [2.05, 4.69) is 15.4 Å². The number of aryl methyl sites for hydroxylation is 2. The third-order valence-electron chi connectivity index (χ3n) is 2.55. The molecule has 7 heteroatoms. The summed E-state index contributed by atoms with van der Waals surface area (Å²) in [7, 11) is 1.74. The first kappa shape index (κ1) is 12.7. The Morgan fingerprint density at radius 3 is 2.89 bits per heavy atom. The van der Waals surface area contributed by atoms with Gasteiger partial charge in [-0.1, -0.05) is 0 Å². The molecule has 2 aromatic heterocycles. The van der Waals surface area contributed by atoms with Crippen LogP contribution in [0, 0.1) is 6.92 Å². The lowest BCUT2D eigenvalue weighted by Crippen LogP contribution is -2.17. The van der Waals surface area contributed by atoms with Crippen LogP contribution in [0.25, 0.3) is 0 Å². The quantitative estimate of drug-likeness (QED) is 0.849. The zero-order valence-electron chi connectivity index (χ0n) is 10.2. The molecule has 0 amide bonds. The number of thiazole rings is 1. The van der Waals surface area contributed by atoms with Gasteiger partial charge < -0.3 is 10.4 Å². The molecule has 0 aliphatic rings. The molecule has 0 aliphatic heterocycles. The molecule has 0 fully saturated rings. The van der Waals surface area contributed by atoms with E-state index in [1.54, 1.807) is 23.1 Å². The number of nitrogens with one attached hydrogen (secondary N) is 1. The van der Waals surface area contributed by atoms with Crippen LogP contribution in [0.5, 0.6) is 0 Å². The number of carbonyl (C=O) groups is 1. The Labute approximate surface area is 108 Å². The van der Waals surface area contributed by atoms with E-state index in [0.717, 1.165) is 9.88 Å². The fourth-order valence-corrected chi connectivity index (χ4v) is 2.41. The van der Waals surface area contributed by atoms with Gasteiger partial charge in [0, 0.05) is 31.2 Å². The molecular formula is C11H14N4O2S. The lowest BCUT2D eigenvalue weighted by Gasteiger charge is -2.05. The molecule has 0 aromatic carbocycles. The van der Waals surface area contributed by atoms with Gasteiger partial charge in [0.05, 0.1) is 16.9 Å². The normalized spacial score (nSPS) is 10.8. The Morgan fingerprint density at radius 1 is 1.50 bits per heavy atom. The summed E-state index contributed by atoms with van der Waals surface area (Å²) in [5.74, 6) is -0.950. The van der Waals surface area contributed by atoms with E-state index in [1.165, 1.54) is 6.20 Å². The Kier molecular flexibility index (Phi) is 3.73. The maximum Gasteiger partial charge on any atom is 0.339 e. The average Bonchev–Trinajstić information content (AvgIpc) is 2.87. The van der Waals surface area contributed by atoms with Crippen LogP contribution >= 0.6 is 11.3 Å². The predicted octanol–water partition coefficient (Wildman–Crippen LogP) is 1.17. The number of carboxylic acid groups (broad SMARTS) is 1. The molecule has 2 N–H and O–H groups in total. The van der Waals surface area contributed by atoms with Crippen molar-refractivity contribution in [3.05, 3.63) is 33.5 Å². The van der Waals surface area contributed by atoms with Gasteiger partial charge in [-0.05, 0) is 6.92 Å². The fourth-order valence-electron chi connectivity index (χ4n) is 1.64. The molecule has 2 aromatic rings. The first-order chi connectivity index (χ1) is 8.58. The summed E-state index contributed by atoms with van der Waals surface area (Å²) >= 11 is 1.63.